The van der Waals surface area contributed by atoms with Crippen LogP contribution in [0.3, 0.4) is 0 Å². The maximum Gasteiger partial charge on any atom is 0.311 e. The molecule has 0 heterocycles. The van der Waals surface area contributed by atoms with Crippen LogP contribution in [-0.2, 0) is 9.53 Å². The topological polar surface area (TPSA) is 26.3 Å². The highest BCUT2D eigenvalue weighted by atomic mass is 16.5. The van der Waals surface area contributed by atoms with Crippen molar-refractivity contribution in [1.29, 1.82) is 0 Å². The van der Waals surface area contributed by atoms with Crippen LogP contribution in [0.25, 0.3) is 0 Å². The smallest absolute Gasteiger partial charge is 0.311 e. The highest BCUT2D eigenvalue weighted by molar-refractivity contribution is 5.75. The van der Waals surface area contributed by atoms with Gasteiger partial charge in [0.05, 0.1) is 5.41 Å². The quantitative estimate of drug-likeness (QED) is 0.513. The Hall–Kier alpha value is -0.790. The lowest BCUT2D eigenvalue weighted by molar-refractivity contribution is -0.173. The molecule has 3 aliphatic carbocycles. The summed E-state index contributed by atoms with van der Waals surface area (Å²) in [5.74, 6) is -0.0328. The number of rotatable bonds is 1. The summed E-state index contributed by atoms with van der Waals surface area (Å²) in [6, 6.07) is 0. The third-order valence-electron chi connectivity index (χ3n) is 5.07. The third-order valence-corrected chi connectivity index (χ3v) is 5.07. The van der Waals surface area contributed by atoms with E-state index in [4.69, 9.17) is 4.74 Å². The molecule has 3 unspecified atom stereocenters. The van der Waals surface area contributed by atoms with Gasteiger partial charge in [0.2, 0.25) is 0 Å². The average Bonchev–Trinajstić information content (AvgIpc) is 2.73. The summed E-state index contributed by atoms with van der Waals surface area (Å²) in [4.78, 5) is 11.9. The van der Waals surface area contributed by atoms with E-state index in [1.54, 1.807) is 0 Å². The fourth-order valence-corrected chi connectivity index (χ4v) is 3.81. The number of allylic oxidation sites excluding steroid dienone is 2. The molecule has 0 spiro atoms. The first-order valence-electron chi connectivity index (χ1n) is 6.76. The zero-order valence-electron chi connectivity index (χ0n) is 11.1. The van der Waals surface area contributed by atoms with Crippen molar-refractivity contribution >= 4 is 5.97 Å². The molecule has 0 aromatic carbocycles. The number of carbonyl (C=O) groups is 1. The molecule has 0 amide bonds. The van der Waals surface area contributed by atoms with Crippen molar-refractivity contribution in [2.24, 2.45) is 16.2 Å². The van der Waals surface area contributed by atoms with Crippen molar-refractivity contribution in [3.8, 4) is 0 Å². The molecule has 0 aromatic heterocycles. The monoisotopic (exact) mass is 234 g/mol. The van der Waals surface area contributed by atoms with Crippen molar-refractivity contribution in [1.82, 2.24) is 0 Å². The average molecular weight is 234 g/mol. The second kappa shape index (κ2) is 3.15. The summed E-state index contributed by atoms with van der Waals surface area (Å²) in [6.07, 6.45) is 10.8. The molecule has 2 nitrogen and oxygen atoms in total. The van der Waals surface area contributed by atoms with Crippen molar-refractivity contribution < 1.29 is 9.53 Å². The summed E-state index contributed by atoms with van der Waals surface area (Å²) in [5, 5.41) is 0. The lowest BCUT2D eigenvalue weighted by Crippen LogP contribution is -2.45. The van der Waals surface area contributed by atoms with Gasteiger partial charge in [-0.05, 0) is 58.3 Å². The number of esters is 1. The first-order chi connectivity index (χ1) is 7.90. The van der Waals surface area contributed by atoms with E-state index in [1.165, 1.54) is 19.3 Å². The van der Waals surface area contributed by atoms with Crippen LogP contribution in [0.4, 0.5) is 0 Å². The number of carbonyl (C=O) groups excluding carboxylic acids is 1. The fourth-order valence-electron chi connectivity index (χ4n) is 3.81. The van der Waals surface area contributed by atoms with E-state index in [-0.39, 0.29) is 17.5 Å². The van der Waals surface area contributed by atoms with Gasteiger partial charge in [0.15, 0.2) is 0 Å². The highest BCUT2D eigenvalue weighted by Crippen LogP contribution is 2.82. The normalized spacial score (nSPS) is 42.9. The van der Waals surface area contributed by atoms with E-state index in [0.717, 1.165) is 12.8 Å². The van der Waals surface area contributed by atoms with Gasteiger partial charge in [-0.25, -0.2) is 0 Å². The number of hydrogen-bond donors (Lipinski definition) is 0. The fraction of sp³-hybridized carbons (Fsp3) is 0.800. The predicted octanol–water partition coefficient (Wildman–Crippen LogP) is 3.46. The second-order valence-corrected chi connectivity index (χ2v) is 7.18. The minimum atomic E-state index is -0.368. The van der Waals surface area contributed by atoms with Crippen LogP contribution >= 0.6 is 0 Å². The van der Waals surface area contributed by atoms with Gasteiger partial charge in [-0.1, -0.05) is 12.2 Å². The minimum Gasteiger partial charge on any atom is -0.461 e. The lowest BCUT2D eigenvalue weighted by Gasteiger charge is -2.43. The van der Waals surface area contributed by atoms with Gasteiger partial charge < -0.3 is 4.74 Å². The maximum absolute atomic E-state index is 11.9. The van der Waals surface area contributed by atoms with E-state index in [1.807, 2.05) is 20.8 Å². The maximum atomic E-state index is 11.9. The zero-order chi connectivity index (χ0) is 12.3. The van der Waals surface area contributed by atoms with E-state index in [2.05, 4.69) is 12.2 Å². The molecule has 2 saturated carbocycles. The van der Waals surface area contributed by atoms with Gasteiger partial charge in [0.25, 0.3) is 0 Å². The Kier molecular flexibility index (Phi) is 2.10. The van der Waals surface area contributed by atoms with E-state index in [9.17, 15) is 4.79 Å². The van der Waals surface area contributed by atoms with Crippen LogP contribution in [0.2, 0.25) is 0 Å². The van der Waals surface area contributed by atoms with Crippen molar-refractivity contribution in [2.45, 2.75) is 59.0 Å². The molecule has 0 radical (unpaired) electrons. The van der Waals surface area contributed by atoms with Crippen molar-refractivity contribution in [3.63, 3.8) is 0 Å². The minimum absolute atomic E-state index is 0.0328. The van der Waals surface area contributed by atoms with Gasteiger partial charge in [0.1, 0.15) is 6.10 Å². The molecule has 3 aliphatic rings. The molecule has 3 atom stereocenters. The first kappa shape index (κ1) is 11.3. The molecule has 2 heteroatoms. The number of hydrogen-bond acceptors (Lipinski definition) is 2. The SMILES string of the molecule is CC(C)(C)C(=O)OC1CC23CC=CCCC12C3. The van der Waals surface area contributed by atoms with E-state index >= 15 is 0 Å². The molecule has 94 valence electrons. The summed E-state index contributed by atoms with van der Waals surface area (Å²) in [7, 11) is 0. The number of ether oxygens (including phenoxy) is 1. The molecule has 0 aromatic rings. The summed E-state index contributed by atoms with van der Waals surface area (Å²) in [6.45, 7) is 5.79. The molecule has 0 bridgehead atoms. The van der Waals surface area contributed by atoms with Crippen molar-refractivity contribution in [2.75, 3.05) is 0 Å². The van der Waals surface area contributed by atoms with Crippen molar-refractivity contribution in [3.05, 3.63) is 12.2 Å². The van der Waals surface area contributed by atoms with Crippen LogP contribution < -0.4 is 0 Å². The Bertz CT molecular complexity index is 390. The summed E-state index contributed by atoms with van der Waals surface area (Å²) < 4.78 is 5.75. The second-order valence-electron chi connectivity index (χ2n) is 7.18. The molecule has 2 fully saturated rings. The Morgan fingerprint density at radius 3 is 2.82 bits per heavy atom. The molecule has 0 aliphatic heterocycles. The van der Waals surface area contributed by atoms with Gasteiger partial charge in [0, 0.05) is 5.41 Å². The molecular weight excluding hydrogens is 212 g/mol. The van der Waals surface area contributed by atoms with Crippen LogP contribution in [0, 0.1) is 16.2 Å². The largest absolute Gasteiger partial charge is 0.461 e. The molecule has 0 saturated heterocycles. The van der Waals surface area contributed by atoms with E-state index in [0.29, 0.717) is 10.8 Å². The molecule has 17 heavy (non-hydrogen) atoms. The molecular formula is C15H22O2. The standard InChI is InChI=1S/C15H22O2/c1-13(2,3)12(16)17-11-9-14-7-5-4-6-8-15(11,14)10-14/h4-5,11H,6-10H2,1-3H3. The highest BCUT2D eigenvalue weighted by Gasteiger charge is 2.79. The van der Waals surface area contributed by atoms with Crippen LogP contribution in [0.5, 0.6) is 0 Å². The third kappa shape index (κ3) is 1.42. The van der Waals surface area contributed by atoms with Crippen LogP contribution in [0.15, 0.2) is 12.2 Å². The Morgan fingerprint density at radius 1 is 1.35 bits per heavy atom. The lowest BCUT2D eigenvalue weighted by atomic mass is 9.68. The van der Waals surface area contributed by atoms with Crippen LogP contribution in [0.1, 0.15) is 52.9 Å². The molecule has 0 N–H and O–H groups in total. The van der Waals surface area contributed by atoms with Gasteiger partial charge in [-0.15, -0.1) is 0 Å². The first-order valence-corrected chi connectivity index (χ1v) is 6.76. The van der Waals surface area contributed by atoms with Gasteiger partial charge in [-0.3, -0.25) is 4.79 Å². The Morgan fingerprint density at radius 2 is 2.12 bits per heavy atom. The van der Waals surface area contributed by atoms with Gasteiger partial charge in [-0.2, -0.15) is 0 Å². The zero-order valence-corrected chi connectivity index (χ0v) is 11.1. The summed E-state index contributed by atoms with van der Waals surface area (Å²) in [5.41, 5.74) is 0.507. The van der Waals surface area contributed by atoms with Gasteiger partial charge >= 0.3 is 5.97 Å². The Labute approximate surface area is 103 Å². The van der Waals surface area contributed by atoms with Crippen LogP contribution in [-0.4, -0.2) is 12.1 Å². The summed E-state index contributed by atoms with van der Waals surface area (Å²) >= 11 is 0. The van der Waals surface area contributed by atoms with E-state index < -0.39 is 0 Å². The molecule has 3 rings (SSSR count). The predicted molar refractivity (Wildman–Crippen MR) is 66.4 cm³/mol. The Balaban J connectivity index is 1.68.